The van der Waals surface area contributed by atoms with Crippen LogP contribution in [0.5, 0.6) is 0 Å². The highest BCUT2D eigenvalue weighted by Crippen LogP contribution is 2.26. The molecule has 0 bridgehead atoms. The molecule has 106 valence electrons. The molecule has 0 aliphatic rings. The quantitative estimate of drug-likeness (QED) is 0.559. The third kappa shape index (κ3) is 2.14. The molecule has 0 aliphatic carbocycles. The number of aromatic nitrogens is 4. The molecule has 0 N–H and O–H groups in total. The third-order valence-electron chi connectivity index (χ3n) is 3.50. The summed E-state index contributed by atoms with van der Waals surface area (Å²) >= 11 is 6.19. The second kappa shape index (κ2) is 5.24. The fraction of sp³-hybridized carbons (Fsp3) is 0. The van der Waals surface area contributed by atoms with Crippen LogP contribution >= 0.6 is 11.6 Å². The van der Waals surface area contributed by atoms with Crippen molar-refractivity contribution in [3.63, 3.8) is 0 Å². The Morgan fingerprint density at radius 3 is 2.41 bits per heavy atom. The van der Waals surface area contributed by atoms with E-state index < -0.39 is 0 Å². The van der Waals surface area contributed by atoms with Crippen molar-refractivity contribution in [3.8, 4) is 16.9 Å². The summed E-state index contributed by atoms with van der Waals surface area (Å²) in [5.41, 5.74) is 4.50. The van der Waals surface area contributed by atoms with Crippen LogP contribution in [0.3, 0.4) is 0 Å². The van der Waals surface area contributed by atoms with Crippen molar-refractivity contribution in [1.82, 2.24) is 19.5 Å². The normalized spacial score (nSPS) is 11.0. The Morgan fingerprint density at radius 1 is 0.818 bits per heavy atom. The number of hydrogen-bond donors (Lipinski definition) is 0. The van der Waals surface area contributed by atoms with Gasteiger partial charge in [0, 0.05) is 23.6 Å². The molecule has 0 spiro atoms. The van der Waals surface area contributed by atoms with Crippen molar-refractivity contribution < 1.29 is 0 Å². The van der Waals surface area contributed by atoms with E-state index in [-0.39, 0.29) is 0 Å². The summed E-state index contributed by atoms with van der Waals surface area (Å²) in [7, 11) is 0. The van der Waals surface area contributed by atoms with E-state index in [0.29, 0.717) is 5.02 Å². The van der Waals surface area contributed by atoms with Gasteiger partial charge in [0.05, 0.1) is 16.2 Å². The van der Waals surface area contributed by atoms with Gasteiger partial charge in [-0.15, -0.1) is 0 Å². The second-order valence-corrected chi connectivity index (χ2v) is 5.25. The summed E-state index contributed by atoms with van der Waals surface area (Å²) in [4.78, 5) is 12.9. The first-order valence-electron chi connectivity index (χ1n) is 6.82. The number of halogens is 1. The number of fused-ring (bicyclic) bond motifs is 1. The van der Waals surface area contributed by atoms with E-state index >= 15 is 0 Å². The molecule has 3 aromatic heterocycles. The Hall–Kier alpha value is -2.72. The highest BCUT2D eigenvalue weighted by atomic mass is 35.5. The molecule has 4 rings (SSSR count). The first-order chi connectivity index (χ1) is 10.8. The number of imidazole rings is 1. The van der Waals surface area contributed by atoms with Gasteiger partial charge in [-0.25, -0.2) is 9.97 Å². The van der Waals surface area contributed by atoms with Gasteiger partial charge in [0.15, 0.2) is 5.65 Å². The first-order valence-corrected chi connectivity index (χ1v) is 7.20. The van der Waals surface area contributed by atoms with Crippen LogP contribution in [0.15, 0.2) is 67.3 Å². The van der Waals surface area contributed by atoms with Crippen LogP contribution in [0.2, 0.25) is 5.02 Å². The number of nitrogens with zero attached hydrogens (tertiary/aromatic N) is 4. The summed E-state index contributed by atoms with van der Waals surface area (Å²) in [5.74, 6) is 0. The summed E-state index contributed by atoms with van der Waals surface area (Å²) < 4.78 is 2.01. The highest BCUT2D eigenvalue weighted by molar-refractivity contribution is 6.33. The Balaban J connectivity index is 1.78. The topological polar surface area (TPSA) is 43.6 Å². The predicted molar refractivity (Wildman–Crippen MR) is 87.1 cm³/mol. The maximum Gasteiger partial charge on any atom is 0.177 e. The molecule has 0 radical (unpaired) electrons. The van der Waals surface area contributed by atoms with E-state index in [4.69, 9.17) is 11.6 Å². The Morgan fingerprint density at radius 2 is 1.59 bits per heavy atom. The van der Waals surface area contributed by atoms with Gasteiger partial charge in [-0.3, -0.25) is 9.55 Å². The molecule has 0 atom stereocenters. The average Bonchev–Trinajstić information content (AvgIpc) is 3.00. The van der Waals surface area contributed by atoms with Crippen molar-refractivity contribution in [2.24, 2.45) is 0 Å². The first kappa shape index (κ1) is 13.0. The highest BCUT2D eigenvalue weighted by Gasteiger charge is 2.07. The summed E-state index contributed by atoms with van der Waals surface area (Å²) in [5, 5.41) is 0.646. The summed E-state index contributed by atoms with van der Waals surface area (Å²) in [6, 6.07) is 15.6. The zero-order valence-corrected chi connectivity index (χ0v) is 12.3. The molecule has 3 heterocycles. The molecular formula is C17H11ClN4. The molecule has 4 aromatic rings. The van der Waals surface area contributed by atoms with Gasteiger partial charge in [0.1, 0.15) is 6.33 Å². The SMILES string of the molecule is Clc1cccnc1-c1ccc(-n2cnc3ncccc32)cc1. The minimum Gasteiger partial charge on any atom is -0.297 e. The fourth-order valence-electron chi connectivity index (χ4n) is 2.43. The predicted octanol–water partition coefficient (Wildman–Crippen LogP) is 4.14. The van der Waals surface area contributed by atoms with Crippen LogP contribution in [0.1, 0.15) is 0 Å². The van der Waals surface area contributed by atoms with E-state index in [0.717, 1.165) is 28.1 Å². The van der Waals surface area contributed by atoms with E-state index in [1.807, 2.05) is 53.1 Å². The van der Waals surface area contributed by atoms with Crippen LogP contribution in [0.25, 0.3) is 28.1 Å². The average molecular weight is 307 g/mol. The fourth-order valence-corrected chi connectivity index (χ4v) is 2.67. The molecule has 4 nitrogen and oxygen atoms in total. The minimum atomic E-state index is 0.646. The molecule has 1 aromatic carbocycles. The lowest BCUT2D eigenvalue weighted by molar-refractivity contribution is 1.09. The van der Waals surface area contributed by atoms with Gasteiger partial charge in [0.25, 0.3) is 0 Å². The van der Waals surface area contributed by atoms with Crippen LogP contribution in [0.4, 0.5) is 0 Å². The number of hydrogen-bond acceptors (Lipinski definition) is 3. The third-order valence-corrected chi connectivity index (χ3v) is 3.80. The van der Waals surface area contributed by atoms with Crippen LogP contribution in [0, 0.1) is 0 Å². The zero-order valence-electron chi connectivity index (χ0n) is 11.5. The van der Waals surface area contributed by atoms with E-state index in [9.17, 15) is 0 Å². The lowest BCUT2D eigenvalue weighted by atomic mass is 10.1. The summed E-state index contributed by atoms with van der Waals surface area (Å²) in [6.07, 6.45) is 5.26. The Labute approximate surface area is 132 Å². The largest absolute Gasteiger partial charge is 0.297 e. The van der Waals surface area contributed by atoms with Crippen molar-refractivity contribution in [3.05, 3.63) is 72.3 Å². The van der Waals surface area contributed by atoms with Gasteiger partial charge in [-0.05, 0) is 36.4 Å². The molecule has 0 amide bonds. The van der Waals surface area contributed by atoms with Gasteiger partial charge < -0.3 is 0 Å². The van der Waals surface area contributed by atoms with E-state index in [2.05, 4.69) is 15.0 Å². The molecular weight excluding hydrogens is 296 g/mol. The van der Waals surface area contributed by atoms with Crippen molar-refractivity contribution in [1.29, 1.82) is 0 Å². The monoisotopic (exact) mass is 306 g/mol. The standard InChI is InChI=1S/C17H11ClN4/c18-14-3-1-9-19-16(14)12-5-7-13(8-6-12)22-11-21-17-15(22)4-2-10-20-17/h1-11H. The number of pyridine rings is 2. The molecule has 0 aliphatic heterocycles. The van der Waals surface area contributed by atoms with Crippen molar-refractivity contribution in [2.45, 2.75) is 0 Å². The Bertz CT molecular complexity index is 944. The molecule has 5 heteroatoms. The van der Waals surface area contributed by atoms with Crippen LogP contribution in [-0.4, -0.2) is 19.5 Å². The smallest absolute Gasteiger partial charge is 0.177 e. The Kier molecular flexibility index (Phi) is 3.09. The van der Waals surface area contributed by atoms with Crippen LogP contribution < -0.4 is 0 Å². The van der Waals surface area contributed by atoms with E-state index in [1.54, 1.807) is 18.7 Å². The number of rotatable bonds is 2. The van der Waals surface area contributed by atoms with Gasteiger partial charge >= 0.3 is 0 Å². The van der Waals surface area contributed by atoms with Crippen LogP contribution in [-0.2, 0) is 0 Å². The maximum absolute atomic E-state index is 6.19. The molecule has 0 unspecified atom stereocenters. The minimum absolute atomic E-state index is 0.646. The second-order valence-electron chi connectivity index (χ2n) is 4.84. The maximum atomic E-state index is 6.19. The van der Waals surface area contributed by atoms with Crippen molar-refractivity contribution in [2.75, 3.05) is 0 Å². The molecule has 22 heavy (non-hydrogen) atoms. The van der Waals surface area contributed by atoms with Gasteiger partial charge in [-0.2, -0.15) is 0 Å². The zero-order chi connectivity index (χ0) is 14.9. The lowest BCUT2D eigenvalue weighted by Gasteiger charge is -2.07. The van der Waals surface area contributed by atoms with E-state index in [1.165, 1.54) is 0 Å². The van der Waals surface area contributed by atoms with Gasteiger partial charge in [0.2, 0.25) is 0 Å². The molecule has 0 saturated carbocycles. The van der Waals surface area contributed by atoms with Gasteiger partial charge in [-0.1, -0.05) is 23.7 Å². The molecule has 0 saturated heterocycles. The van der Waals surface area contributed by atoms with Crippen molar-refractivity contribution >= 4 is 22.8 Å². The number of benzene rings is 1. The lowest BCUT2D eigenvalue weighted by Crippen LogP contribution is -1.92. The summed E-state index contributed by atoms with van der Waals surface area (Å²) in [6.45, 7) is 0. The molecule has 0 fully saturated rings.